The van der Waals surface area contributed by atoms with Crippen molar-refractivity contribution in [2.24, 2.45) is 0 Å². The molecule has 1 aromatic carbocycles. The van der Waals surface area contributed by atoms with E-state index in [9.17, 15) is 4.79 Å². The monoisotopic (exact) mass is 243 g/mol. The van der Waals surface area contributed by atoms with Gasteiger partial charge in [0.05, 0.1) is 6.04 Å². The Bertz CT molecular complexity index is 276. The van der Waals surface area contributed by atoms with Gasteiger partial charge >= 0.3 is 6.09 Å². The van der Waals surface area contributed by atoms with Crippen LogP contribution in [0.1, 0.15) is 11.6 Å². The normalized spacial score (nSPS) is 12.1. The van der Waals surface area contributed by atoms with Crippen LogP contribution in [0.25, 0.3) is 0 Å². The number of amides is 1. The Hall–Kier alpha value is -1.03. The van der Waals surface area contributed by atoms with E-state index in [0.29, 0.717) is 5.33 Å². The van der Waals surface area contributed by atoms with Gasteiger partial charge in [0, 0.05) is 5.33 Å². The molecular formula is C9H10BrNO2. The largest absolute Gasteiger partial charge is 0.465 e. The predicted molar refractivity (Wildman–Crippen MR) is 54.1 cm³/mol. The van der Waals surface area contributed by atoms with E-state index in [1.807, 2.05) is 30.3 Å². The quantitative estimate of drug-likeness (QED) is 0.802. The van der Waals surface area contributed by atoms with Gasteiger partial charge in [0.25, 0.3) is 0 Å². The Morgan fingerprint density at radius 2 is 2.08 bits per heavy atom. The number of hydrogen-bond donors (Lipinski definition) is 2. The summed E-state index contributed by atoms with van der Waals surface area (Å²) >= 11 is 3.26. The zero-order chi connectivity index (χ0) is 9.68. The second kappa shape index (κ2) is 4.87. The lowest BCUT2D eigenvalue weighted by Gasteiger charge is -2.13. The maximum Gasteiger partial charge on any atom is 0.405 e. The van der Waals surface area contributed by atoms with Crippen molar-refractivity contribution in [3.05, 3.63) is 35.9 Å². The molecule has 1 aromatic rings. The highest BCUT2D eigenvalue weighted by Gasteiger charge is 2.10. The van der Waals surface area contributed by atoms with Crippen LogP contribution in [0.15, 0.2) is 30.3 Å². The highest BCUT2D eigenvalue weighted by atomic mass is 79.9. The molecule has 0 bridgehead atoms. The Kier molecular flexibility index (Phi) is 3.76. The van der Waals surface area contributed by atoms with E-state index in [1.165, 1.54) is 0 Å². The lowest BCUT2D eigenvalue weighted by atomic mass is 10.1. The summed E-state index contributed by atoms with van der Waals surface area (Å²) < 4.78 is 0. The zero-order valence-corrected chi connectivity index (χ0v) is 8.49. The number of carboxylic acid groups (broad SMARTS) is 1. The molecule has 0 saturated heterocycles. The topological polar surface area (TPSA) is 49.3 Å². The number of rotatable bonds is 3. The van der Waals surface area contributed by atoms with Crippen LogP contribution < -0.4 is 5.32 Å². The van der Waals surface area contributed by atoms with E-state index < -0.39 is 6.09 Å². The van der Waals surface area contributed by atoms with E-state index in [4.69, 9.17) is 5.11 Å². The molecule has 1 amide bonds. The zero-order valence-electron chi connectivity index (χ0n) is 6.90. The van der Waals surface area contributed by atoms with Crippen LogP contribution in [0.4, 0.5) is 4.79 Å². The first-order valence-electron chi connectivity index (χ1n) is 3.84. The average Bonchev–Trinajstić information content (AvgIpc) is 2.15. The van der Waals surface area contributed by atoms with Crippen LogP contribution in [0.5, 0.6) is 0 Å². The van der Waals surface area contributed by atoms with Crippen LogP contribution in [0, 0.1) is 0 Å². The van der Waals surface area contributed by atoms with Gasteiger partial charge in [-0.15, -0.1) is 0 Å². The highest BCUT2D eigenvalue weighted by Crippen LogP contribution is 2.14. The molecule has 70 valence electrons. The molecule has 0 aromatic heterocycles. The Labute approximate surface area is 84.9 Å². The number of halogens is 1. The lowest BCUT2D eigenvalue weighted by Crippen LogP contribution is -2.27. The lowest BCUT2D eigenvalue weighted by molar-refractivity contribution is 0.191. The summed E-state index contributed by atoms with van der Waals surface area (Å²) in [5, 5.41) is 11.5. The first kappa shape index (κ1) is 10.1. The molecule has 1 atom stereocenters. The molecule has 1 rings (SSSR count). The average molecular weight is 244 g/mol. The van der Waals surface area contributed by atoms with Gasteiger partial charge in [-0.2, -0.15) is 0 Å². The second-order valence-electron chi connectivity index (χ2n) is 2.57. The van der Waals surface area contributed by atoms with E-state index in [0.717, 1.165) is 5.56 Å². The van der Waals surface area contributed by atoms with Gasteiger partial charge in [0.2, 0.25) is 0 Å². The summed E-state index contributed by atoms with van der Waals surface area (Å²) in [7, 11) is 0. The van der Waals surface area contributed by atoms with Crippen LogP contribution in [0.3, 0.4) is 0 Å². The Morgan fingerprint density at radius 1 is 1.46 bits per heavy atom. The third kappa shape index (κ3) is 3.06. The summed E-state index contributed by atoms with van der Waals surface area (Å²) in [6, 6.07) is 9.27. The van der Waals surface area contributed by atoms with E-state index in [2.05, 4.69) is 21.2 Å². The standard InChI is InChI=1S/C9H10BrNO2/c10-6-8(11-9(12)13)7-4-2-1-3-5-7/h1-5,8,11H,6H2,(H,12,13). The summed E-state index contributed by atoms with van der Waals surface area (Å²) in [5.41, 5.74) is 0.960. The van der Waals surface area contributed by atoms with Crippen molar-refractivity contribution in [1.82, 2.24) is 5.32 Å². The van der Waals surface area contributed by atoms with Crippen LogP contribution >= 0.6 is 15.9 Å². The fourth-order valence-electron chi connectivity index (χ4n) is 1.05. The van der Waals surface area contributed by atoms with Gasteiger partial charge < -0.3 is 10.4 Å². The van der Waals surface area contributed by atoms with Crippen molar-refractivity contribution in [2.75, 3.05) is 5.33 Å². The second-order valence-corrected chi connectivity index (χ2v) is 3.21. The van der Waals surface area contributed by atoms with Gasteiger partial charge in [0.15, 0.2) is 0 Å². The van der Waals surface area contributed by atoms with Crippen molar-refractivity contribution in [1.29, 1.82) is 0 Å². The molecule has 0 saturated carbocycles. The number of carbonyl (C=O) groups is 1. The highest BCUT2D eigenvalue weighted by molar-refractivity contribution is 9.09. The summed E-state index contributed by atoms with van der Waals surface area (Å²) in [4.78, 5) is 10.4. The number of nitrogens with one attached hydrogen (secondary N) is 1. The maximum atomic E-state index is 10.4. The van der Waals surface area contributed by atoms with Gasteiger partial charge in [-0.3, -0.25) is 0 Å². The number of alkyl halides is 1. The minimum Gasteiger partial charge on any atom is -0.465 e. The van der Waals surface area contributed by atoms with Crippen molar-refractivity contribution < 1.29 is 9.90 Å². The molecular weight excluding hydrogens is 234 g/mol. The Morgan fingerprint density at radius 3 is 2.54 bits per heavy atom. The SMILES string of the molecule is O=C(O)NC(CBr)c1ccccc1. The van der Waals surface area contributed by atoms with Gasteiger partial charge in [-0.1, -0.05) is 46.3 Å². The first-order valence-corrected chi connectivity index (χ1v) is 4.96. The Balaban J connectivity index is 2.73. The van der Waals surface area contributed by atoms with E-state index >= 15 is 0 Å². The van der Waals surface area contributed by atoms with Crippen LogP contribution in [0.2, 0.25) is 0 Å². The molecule has 3 nitrogen and oxygen atoms in total. The minimum absolute atomic E-state index is 0.182. The van der Waals surface area contributed by atoms with Gasteiger partial charge in [-0.05, 0) is 5.56 Å². The first-order chi connectivity index (χ1) is 6.24. The van der Waals surface area contributed by atoms with Crippen LogP contribution in [-0.4, -0.2) is 16.5 Å². The molecule has 13 heavy (non-hydrogen) atoms. The fraction of sp³-hybridized carbons (Fsp3) is 0.222. The van der Waals surface area contributed by atoms with Crippen molar-refractivity contribution in [3.8, 4) is 0 Å². The molecule has 2 N–H and O–H groups in total. The summed E-state index contributed by atoms with van der Waals surface area (Å²) in [6.07, 6.45) is -1.01. The molecule has 0 heterocycles. The molecule has 1 unspecified atom stereocenters. The van der Waals surface area contributed by atoms with E-state index in [1.54, 1.807) is 0 Å². The summed E-state index contributed by atoms with van der Waals surface area (Å²) in [5.74, 6) is 0. The third-order valence-electron chi connectivity index (χ3n) is 1.65. The minimum atomic E-state index is -1.01. The van der Waals surface area contributed by atoms with Crippen molar-refractivity contribution in [2.45, 2.75) is 6.04 Å². The summed E-state index contributed by atoms with van der Waals surface area (Å²) in [6.45, 7) is 0. The van der Waals surface area contributed by atoms with Crippen LogP contribution in [-0.2, 0) is 0 Å². The number of benzene rings is 1. The van der Waals surface area contributed by atoms with Gasteiger partial charge in [-0.25, -0.2) is 4.79 Å². The maximum absolute atomic E-state index is 10.4. The molecule has 4 heteroatoms. The number of hydrogen-bond acceptors (Lipinski definition) is 1. The third-order valence-corrected chi connectivity index (χ3v) is 2.30. The molecule has 0 spiro atoms. The molecule has 0 aliphatic carbocycles. The van der Waals surface area contributed by atoms with Gasteiger partial charge in [0.1, 0.15) is 0 Å². The molecule has 0 fully saturated rings. The fourth-order valence-corrected chi connectivity index (χ4v) is 1.58. The smallest absolute Gasteiger partial charge is 0.405 e. The van der Waals surface area contributed by atoms with E-state index in [-0.39, 0.29) is 6.04 Å². The van der Waals surface area contributed by atoms with Crippen molar-refractivity contribution in [3.63, 3.8) is 0 Å². The molecule has 0 aliphatic heterocycles. The van der Waals surface area contributed by atoms with Crippen molar-refractivity contribution >= 4 is 22.0 Å². The molecule has 0 aliphatic rings. The molecule has 0 radical (unpaired) electrons. The predicted octanol–water partition coefficient (Wildman–Crippen LogP) is 2.39.